The van der Waals surface area contributed by atoms with E-state index in [4.69, 9.17) is 5.11 Å². The van der Waals surface area contributed by atoms with Crippen LogP contribution in [0.4, 0.5) is 0 Å². The molecule has 1 aromatic heterocycles. The average Bonchev–Trinajstić information content (AvgIpc) is 2.40. The molecule has 0 aliphatic heterocycles. The Labute approximate surface area is 110 Å². The van der Waals surface area contributed by atoms with Crippen molar-refractivity contribution in [1.29, 1.82) is 0 Å². The van der Waals surface area contributed by atoms with Gasteiger partial charge in [0, 0.05) is 5.56 Å². The maximum absolute atomic E-state index is 11.1. The van der Waals surface area contributed by atoms with Gasteiger partial charge in [-0.1, -0.05) is 37.3 Å². The highest BCUT2D eigenvalue weighted by molar-refractivity contribution is 7.99. The Hall–Kier alpha value is -1.81. The summed E-state index contributed by atoms with van der Waals surface area (Å²) < 4.78 is 0. The lowest BCUT2D eigenvalue weighted by molar-refractivity contribution is 0.0692. The second-order valence-electron chi connectivity index (χ2n) is 3.65. The molecule has 0 aliphatic rings. The molecule has 2 rings (SSSR count). The first-order valence-corrected chi connectivity index (χ1v) is 6.63. The van der Waals surface area contributed by atoms with E-state index in [1.54, 1.807) is 12.1 Å². The Balaban J connectivity index is 2.46. The van der Waals surface area contributed by atoms with E-state index in [-0.39, 0.29) is 5.56 Å². The number of nitrogens with zero attached hydrogens (tertiary/aromatic N) is 1. The summed E-state index contributed by atoms with van der Waals surface area (Å²) in [5, 5.41) is 9.68. The fourth-order valence-corrected chi connectivity index (χ4v) is 2.37. The highest BCUT2D eigenvalue weighted by Gasteiger charge is 2.12. The van der Waals surface area contributed by atoms with Gasteiger partial charge in [-0.3, -0.25) is 0 Å². The Morgan fingerprint density at radius 3 is 2.56 bits per heavy atom. The van der Waals surface area contributed by atoms with Crippen LogP contribution in [-0.4, -0.2) is 21.8 Å². The minimum Gasteiger partial charge on any atom is -0.478 e. The number of carbonyl (C=O) groups is 1. The summed E-state index contributed by atoms with van der Waals surface area (Å²) in [6.45, 7) is 1.98. The molecule has 0 saturated carbocycles. The molecule has 0 saturated heterocycles. The normalized spacial score (nSPS) is 10.3. The number of pyridine rings is 1. The average molecular weight is 259 g/mol. The number of carboxylic acids is 1. The fraction of sp³-hybridized carbons (Fsp3) is 0.143. The topological polar surface area (TPSA) is 50.2 Å². The van der Waals surface area contributed by atoms with Gasteiger partial charge in [-0.15, -0.1) is 11.8 Å². The maximum atomic E-state index is 11.1. The van der Waals surface area contributed by atoms with E-state index in [0.717, 1.165) is 17.0 Å². The van der Waals surface area contributed by atoms with Gasteiger partial charge >= 0.3 is 5.97 Å². The van der Waals surface area contributed by atoms with Gasteiger partial charge in [0.25, 0.3) is 0 Å². The van der Waals surface area contributed by atoms with Gasteiger partial charge in [0.2, 0.25) is 0 Å². The highest BCUT2D eigenvalue weighted by atomic mass is 32.2. The summed E-state index contributed by atoms with van der Waals surface area (Å²) in [4.78, 5) is 15.5. The van der Waals surface area contributed by atoms with Crippen LogP contribution in [0.15, 0.2) is 47.5 Å². The highest BCUT2D eigenvalue weighted by Crippen LogP contribution is 2.25. The van der Waals surface area contributed by atoms with Gasteiger partial charge in [-0.05, 0) is 17.9 Å². The van der Waals surface area contributed by atoms with Crippen LogP contribution in [-0.2, 0) is 0 Å². The second kappa shape index (κ2) is 5.69. The number of hydrogen-bond acceptors (Lipinski definition) is 3. The molecular formula is C14H13NO2S. The summed E-state index contributed by atoms with van der Waals surface area (Å²) in [5.74, 6) is -0.135. The van der Waals surface area contributed by atoms with E-state index in [0.29, 0.717) is 5.03 Å². The first-order chi connectivity index (χ1) is 8.72. The summed E-state index contributed by atoms with van der Waals surface area (Å²) >= 11 is 1.45. The lowest BCUT2D eigenvalue weighted by atomic mass is 10.1. The zero-order valence-electron chi connectivity index (χ0n) is 9.96. The van der Waals surface area contributed by atoms with Crippen LogP contribution in [0.2, 0.25) is 0 Å². The molecule has 0 spiro atoms. The first kappa shape index (κ1) is 12.6. The number of hydrogen-bond donors (Lipinski definition) is 1. The summed E-state index contributed by atoms with van der Waals surface area (Å²) in [6.07, 6.45) is 0. The van der Waals surface area contributed by atoms with Gasteiger partial charge in [0.1, 0.15) is 5.03 Å². The van der Waals surface area contributed by atoms with Gasteiger partial charge in [-0.25, -0.2) is 9.78 Å². The number of rotatable bonds is 4. The van der Waals surface area contributed by atoms with Crippen LogP contribution in [0, 0.1) is 0 Å². The van der Waals surface area contributed by atoms with Crippen molar-refractivity contribution >= 4 is 17.7 Å². The smallest absolute Gasteiger partial charge is 0.338 e. The maximum Gasteiger partial charge on any atom is 0.338 e. The molecule has 0 atom stereocenters. The molecule has 1 aromatic carbocycles. The van der Waals surface area contributed by atoms with Crippen molar-refractivity contribution in [2.45, 2.75) is 11.9 Å². The summed E-state index contributed by atoms with van der Waals surface area (Å²) in [7, 11) is 0. The Morgan fingerprint density at radius 2 is 1.94 bits per heavy atom. The number of carboxylic acid groups (broad SMARTS) is 1. The third-order valence-corrected chi connectivity index (χ3v) is 3.31. The molecule has 0 fully saturated rings. The Morgan fingerprint density at radius 1 is 1.22 bits per heavy atom. The third kappa shape index (κ3) is 2.71. The van der Waals surface area contributed by atoms with E-state index >= 15 is 0 Å². The summed E-state index contributed by atoms with van der Waals surface area (Å²) in [6, 6.07) is 13.1. The lowest BCUT2D eigenvalue weighted by Crippen LogP contribution is -2.01. The second-order valence-corrected chi connectivity index (χ2v) is 4.91. The van der Waals surface area contributed by atoms with Crippen molar-refractivity contribution in [3.63, 3.8) is 0 Å². The van der Waals surface area contributed by atoms with Crippen molar-refractivity contribution < 1.29 is 9.90 Å². The van der Waals surface area contributed by atoms with Gasteiger partial charge in [-0.2, -0.15) is 0 Å². The van der Waals surface area contributed by atoms with Crippen molar-refractivity contribution in [1.82, 2.24) is 4.98 Å². The number of aromatic nitrogens is 1. The zero-order valence-corrected chi connectivity index (χ0v) is 10.8. The van der Waals surface area contributed by atoms with Crippen LogP contribution < -0.4 is 0 Å². The molecule has 0 unspecified atom stereocenters. The Kier molecular flexibility index (Phi) is 3.99. The fourth-order valence-electron chi connectivity index (χ4n) is 1.62. The van der Waals surface area contributed by atoms with Crippen molar-refractivity contribution in [2.75, 3.05) is 5.75 Å². The van der Waals surface area contributed by atoms with Crippen molar-refractivity contribution in [3.05, 3.63) is 48.0 Å². The lowest BCUT2D eigenvalue weighted by Gasteiger charge is -2.07. The van der Waals surface area contributed by atoms with Gasteiger partial charge < -0.3 is 5.11 Å². The van der Waals surface area contributed by atoms with Crippen LogP contribution >= 0.6 is 11.8 Å². The van der Waals surface area contributed by atoms with Gasteiger partial charge in [0.05, 0.1) is 11.3 Å². The van der Waals surface area contributed by atoms with E-state index in [9.17, 15) is 4.79 Å². The SMILES string of the molecule is CCSc1nc(-c2ccccc2)ccc1C(=O)O. The van der Waals surface area contributed by atoms with E-state index in [2.05, 4.69) is 4.98 Å². The van der Waals surface area contributed by atoms with E-state index in [1.165, 1.54) is 11.8 Å². The number of thioether (sulfide) groups is 1. The van der Waals surface area contributed by atoms with Crippen molar-refractivity contribution in [3.8, 4) is 11.3 Å². The number of benzene rings is 1. The minimum atomic E-state index is -0.932. The van der Waals surface area contributed by atoms with E-state index < -0.39 is 5.97 Å². The number of aromatic carboxylic acids is 1. The molecule has 1 N–H and O–H groups in total. The largest absolute Gasteiger partial charge is 0.478 e. The molecule has 0 bridgehead atoms. The van der Waals surface area contributed by atoms with Crippen LogP contribution in [0.5, 0.6) is 0 Å². The molecule has 1 heterocycles. The van der Waals surface area contributed by atoms with Crippen molar-refractivity contribution in [2.24, 2.45) is 0 Å². The molecule has 4 heteroatoms. The van der Waals surface area contributed by atoms with Crippen LogP contribution in [0.3, 0.4) is 0 Å². The molecule has 0 amide bonds. The minimum absolute atomic E-state index is 0.265. The molecule has 2 aromatic rings. The van der Waals surface area contributed by atoms with Crippen LogP contribution in [0.25, 0.3) is 11.3 Å². The molecule has 3 nitrogen and oxygen atoms in total. The van der Waals surface area contributed by atoms with E-state index in [1.807, 2.05) is 37.3 Å². The van der Waals surface area contributed by atoms with Gasteiger partial charge in [0.15, 0.2) is 0 Å². The quantitative estimate of drug-likeness (QED) is 0.853. The molecular weight excluding hydrogens is 246 g/mol. The molecule has 0 aliphatic carbocycles. The summed E-state index contributed by atoms with van der Waals surface area (Å²) in [5.41, 5.74) is 2.06. The first-order valence-electron chi connectivity index (χ1n) is 5.65. The molecule has 92 valence electrons. The zero-order chi connectivity index (χ0) is 13.0. The Bertz CT molecular complexity index is 555. The monoisotopic (exact) mass is 259 g/mol. The standard InChI is InChI=1S/C14H13NO2S/c1-2-18-13-11(14(16)17)8-9-12(15-13)10-6-4-3-5-7-10/h3-9H,2H2,1H3,(H,16,17). The predicted molar refractivity (Wildman–Crippen MR) is 73.0 cm³/mol. The third-order valence-electron chi connectivity index (χ3n) is 2.44. The van der Waals surface area contributed by atoms with Crippen LogP contribution in [0.1, 0.15) is 17.3 Å². The molecule has 18 heavy (non-hydrogen) atoms. The predicted octanol–water partition coefficient (Wildman–Crippen LogP) is 3.56. The molecule has 0 radical (unpaired) electrons.